The molecule has 0 bridgehead atoms. The molecule has 158 valence electrons. The molecule has 0 fully saturated rings. The third-order valence-electron chi connectivity index (χ3n) is 4.99. The maximum atomic E-state index is 12.7. The van der Waals surface area contributed by atoms with Gasteiger partial charge in [0.05, 0.1) is 24.0 Å². The van der Waals surface area contributed by atoms with Crippen molar-refractivity contribution in [2.45, 2.75) is 6.54 Å². The van der Waals surface area contributed by atoms with E-state index in [1.807, 2.05) is 54.6 Å². The van der Waals surface area contributed by atoms with E-state index in [-0.39, 0.29) is 5.91 Å². The van der Waals surface area contributed by atoms with Crippen molar-refractivity contribution in [1.82, 2.24) is 15.1 Å². The van der Waals surface area contributed by atoms with Gasteiger partial charge in [0.25, 0.3) is 5.91 Å². The fourth-order valence-electron chi connectivity index (χ4n) is 3.39. The maximum absolute atomic E-state index is 12.7. The highest BCUT2D eigenvalue weighted by molar-refractivity contribution is 7.21. The van der Waals surface area contributed by atoms with Crippen LogP contribution in [0.25, 0.3) is 26.6 Å². The minimum Gasteiger partial charge on any atom is -0.347 e. The SMILES string of the molecule is O=C(NCc1ccc(-c2cccs2)s1)c1cnn(-c2cccc(-c3ccccc3Cl)c2)c1. The van der Waals surface area contributed by atoms with E-state index in [2.05, 4.69) is 34.0 Å². The predicted molar refractivity (Wildman–Crippen MR) is 133 cm³/mol. The fraction of sp³-hybridized carbons (Fsp3) is 0.0400. The summed E-state index contributed by atoms with van der Waals surface area (Å²) in [6, 6.07) is 24.0. The average molecular weight is 476 g/mol. The number of halogens is 1. The molecule has 2 aromatic carbocycles. The minimum absolute atomic E-state index is 0.149. The zero-order valence-electron chi connectivity index (χ0n) is 16.9. The second-order valence-electron chi connectivity index (χ2n) is 7.13. The van der Waals surface area contributed by atoms with Gasteiger partial charge in [-0.2, -0.15) is 5.10 Å². The van der Waals surface area contributed by atoms with Gasteiger partial charge in [0.15, 0.2) is 0 Å². The lowest BCUT2D eigenvalue weighted by molar-refractivity contribution is 0.0951. The molecular weight excluding hydrogens is 458 g/mol. The Bertz CT molecular complexity index is 1370. The number of hydrogen-bond acceptors (Lipinski definition) is 4. The molecule has 3 aromatic heterocycles. The molecule has 0 unspecified atom stereocenters. The topological polar surface area (TPSA) is 46.9 Å². The highest BCUT2D eigenvalue weighted by Gasteiger charge is 2.11. The van der Waals surface area contributed by atoms with Gasteiger partial charge in [0.2, 0.25) is 0 Å². The number of amides is 1. The summed E-state index contributed by atoms with van der Waals surface area (Å²) in [5.41, 5.74) is 3.33. The van der Waals surface area contributed by atoms with Crippen LogP contribution in [0, 0.1) is 0 Å². The number of aromatic nitrogens is 2. The smallest absolute Gasteiger partial charge is 0.254 e. The van der Waals surface area contributed by atoms with Gasteiger partial charge in [-0.3, -0.25) is 4.79 Å². The standard InChI is InChI=1S/C25H18ClN3OS2/c26-22-8-2-1-7-21(22)17-5-3-6-19(13-17)29-16-18(14-28-29)25(30)27-15-20-10-11-24(32-20)23-9-4-12-31-23/h1-14,16H,15H2,(H,27,30). The number of nitrogens with zero attached hydrogens (tertiary/aromatic N) is 2. The van der Waals surface area contributed by atoms with Crippen molar-refractivity contribution < 1.29 is 4.79 Å². The van der Waals surface area contributed by atoms with E-state index >= 15 is 0 Å². The van der Waals surface area contributed by atoms with E-state index in [1.54, 1.807) is 39.7 Å². The first-order chi connectivity index (χ1) is 15.7. The van der Waals surface area contributed by atoms with Gasteiger partial charge in [-0.05, 0) is 47.3 Å². The van der Waals surface area contributed by atoms with Crippen LogP contribution in [-0.4, -0.2) is 15.7 Å². The lowest BCUT2D eigenvalue weighted by atomic mass is 10.1. The Labute approximate surface area is 198 Å². The molecule has 0 spiro atoms. The first-order valence-corrected chi connectivity index (χ1v) is 12.1. The van der Waals surface area contributed by atoms with E-state index in [0.717, 1.165) is 21.7 Å². The van der Waals surface area contributed by atoms with Gasteiger partial charge in [-0.25, -0.2) is 4.68 Å². The highest BCUT2D eigenvalue weighted by atomic mass is 35.5. The molecular formula is C25H18ClN3OS2. The van der Waals surface area contributed by atoms with Crippen molar-refractivity contribution in [3.8, 4) is 26.6 Å². The molecule has 3 heterocycles. The van der Waals surface area contributed by atoms with Gasteiger partial charge in [0.1, 0.15) is 0 Å². The summed E-state index contributed by atoms with van der Waals surface area (Å²) in [6.45, 7) is 0.488. The summed E-state index contributed by atoms with van der Waals surface area (Å²) in [4.78, 5) is 16.2. The molecule has 0 aliphatic rings. The van der Waals surface area contributed by atoms with Crippen molar-refractivity contribution in [2.24, 2.45) is 0 Å². The van der Waals surface area contributed by atoms with Crippen LogP contribution < -0.4 is 5.32 Å². The summed E-state index contributed by atoms with van der Waals surface area (Å²) < 4.78 is 1.70. The van der Waals surface area contributed by atoms with Crippen LogP contribution in [-0.2, 0) is 6.54 Å². The number of nitrogens with one attached hydrogen (secondary N) is 1. The third-order valence-corrected chi connectivity index (χ3v) is 7.47. The Hall–Kier alpha value is -3.19. The fourth-order valence-corrected chi connectivity index (χ4v) is 5.41. The zero-order chi connectivity index (χ0) is 21.9. The Kier molecular flexibility index (Phi) is 5.90. The molecule has 4 nitrogen and oxygen atoms in total. The maximum Gasteiger partial charge on any atom is 0.254 e. The van der Waals surface area contributed by atoms with Crippen LogP contribution in [0.3, 0.4) is 0 Å². The molecule has 0 atom stereocenters. The van der Waals surface area contributed by atoms with Gasteiger partial charge in [0, 0.05) is 31.4 Å². The van der Waals surface area contributed by atoms with Gasteiger partial charge in [-0.1, -0.05) is 48.0 Å². The van der Waals surface area contributed by atoms with E-state index in [9.17, 15) is 4.79 Å². The second kappa shape index (κ2) is 9.12. The normalized spacial score (nSPS) is 10.9. The molecule has 5 aromatic rings. The van der Waals surface area contributed by atoms with Crippen LogP contribution in [0.4, 0.5) is 0 Å². The number of carbonyl (C=O) groups is 1. The van der Waals surface area contributed by atoms with E-state index < -0.39 is 0 Å². The zero-order valence-corrected chi connectivity index (χ0v) is 19.3. The Morgan fingerprint density at radius 3 is 2.75 bits per heavy atom. The van der Waals surface area contributed by atoms with Crippen LogP contribution >= 0.6 is 34.3 Å². The van der Waals surface area contributed by atoms with E-state index in [1.165, 1.54) is 9.75 Å². The van der Waals surface area contributed by atoms with Crippen molar-refractivity contribution in [2.75, 3.05) is 0 Å². The van der Waals surface area contributed by atoms with Crippen molar-refractivity contribution >= 4 is 40.2 Å². The number of carbonyl (C=O) groups excluding carboxylic acids is 1. The molecule has 5 rings (SSSR count). The summed E-state index contributed by atoms with van der Waals surface area (Å²) in [5.74, 6) is -0.149. The summed E-state index contributed by atoms with van der Waals surface area (Å²) >= 11 is 9.76. The first-order valence-electron chi connectivity index (χ1n) is 9.98. The molecule has 32 heavy (non-hydrogen) atoms. The molecule has 0 radical (unpaired) electrons. The molecule has 0 saturated carbocycles. The van der Waals surface area contributed by atoms with Crippen LogP contribution in [0.1, 0.15) is 15.2 Å². The van der Waals surface area contributed by atoms with Crippen molar-refractivity contribution in [3.63, 3.8) is 0 Å². The minimum atomic E-state index is -0.149. The molecule has 1 amide bonds. The second-order valence-corrected chi connectivity index (χ2v) is 9.65. The van der Waals surface area contributed by atoms with Gasteiger partial charge >= 0.3 is 0 Å². The predicted octanol–water partition coefficient (Wildman–Crippen LogP) is 6.91. The molecule has 7 heteroatoms. The first kappa shape index (κ1) is 20.7. The van der Waals surface area contributed by atoms with Gasteiger partial charge in [-0.15, -0.1) is 22.7 Å². The molecule has 0 aliphatic heterocycles. The van der Waals surface area contributed by atoms with Crippen molar-refractivity contribution in [3.05, 3.63) is 106 Å². The Morgan fingerprint density at radius 2 is 1.91 bits per heavy atom. The van der Waals surface area contributed by atoms with Gasteiger partial charge < -0.3 is 5.32 Å². The van der Waals surface area contributed by atoms with E-state index in [4.69, 9.17) is 11.6 Å². The number of hydrogen-bond donors (Lipinski definition) is 1. The summed E-state index contributed by atoms with van der Waals surface area (Å²) in [5, 5.41) is 10.1. The number of thiophene rings is 2. The lowest BCUT2D eigenvalue weighted by Gasteiger charge is -2.07. The monoisotopic (exact) mass is 475 g/mol. The highest BCUT2D eigenvalue weighted by Crippen LogP contribution is 2.31. The largest absolute Gasteiger partial charge is 0.347 e. The quantitative estimate of drug-likeness (QED) is 0.290. The summed E-state index contributed by atoms with van der Waals surface area (Å²) in [7, 11) is 0. The van der Waals surface area contributed by atoms with E-state index in [0.29, 0.717) is 17.1 Å². The summed E-state index contributed by atoms with van der Waals surface area (Å²) in [6.07, 6.45) is 3.33. The lowest BCUT2D eigenvalue weighted by Crippen LogP contribution is -2.21. The number of benzene rings is 2. The third kappa shape index (κ3) is 4.39. The number of rotatable bonds is 6. The molecule has 1 N–H and O–H groups in total. The van der Waals surface area contributed by atoms with Crippen molar-refractivity contribution in [1.29, 1.82) is 0 Å². The van der Waals surface area contributed by atoms with Crippen LogP contribution in [0.15, 0.2) is 90.6 Å². The molecule has 0 aliphatic carbocycles. The Morgan fingerprint density at radius 1 is 1.00 bits per heavy atom. The van der Waals surface area contributed by atoms with Crippen LogP contribution in [0.2, 0.25) is 5.02 Å². The van der Waals surface area contributed by atoms with Crippen LogP contribution in [0.5, 0.6) is 0 Å². The Balaban J connectivity index is 1.28. The molecule has 0 saturated heterocycles. The average Bonchev–Trinajstić information content (AvgIpc) is 3.59.